The molecule has 6 rings (SSSR count). The Morgan fingerprint density at radius 3 is 2.58 bits per heavy atom. The highest BCUT2D eigenvalue weighted by atomic mass is 32.1. The molecule has 0 unspecified atom stereocenters. The van der Waals surface area contributed by atoms with E-state index in [2.05, 4.69) is 19.4 Å². The molecule has 5 aromatic rings. The number of fused-ring (bicyclic) bond motifs is 2. The number of hydrogen-bond acceptors (Lipinski definition) is 5. The summed E-state index contributed by atoms with van der Waals surface area (Å²) in [5.74, 6) is 1.30. The standard InChI is InChI=1S/C29H29FN6OS/c30-22-9-7-21(8-10-22)19-36-26(32-25-6-3-13-31-27(25)36)18-20-11-14-34(15-12-20)16-17-35-28(37)23-4-1-2-5-24(23)33-29(35)38/h1-10,13,20H,11-12,14-19H2,(H,33,38). The predicted molar refractivity (Wildman–Crippen MR) is 149 cm³/mol. The Morgan fingerprint density at radius 1 is 0.974 bits per heavy atom. The summed E-state index contributed by atoms with van der Waals surface area (Å²) in [5, 5.41) is 0.665. The summed E-state index contributed by atoms with van der Waals surface area (Å²) in [6, 6.07) is 18.0. The van der Waals surface area contributed by atoms with Crippen LogP contribution < -0.4 is 5.56 Å². The molecule has 7 nitrogen and oxygen atoms in total. The van der Waals surface area contributed by atoms with E-state index < -0.39 is 0 Å². The van der Waals surface area contributed by atoms with Crippen LogP contribution >= 0.6 is 12.2 Å². The summed E-state index contributed by atoms with van der Waals surface area (Å²) in [6.45, 7) is 3.92. The van der Waals surface area contributed by atoms with Gasteiger partial charge in [0.15, 0.2) is 10.4 Å². The van der Waals surface area contributed by atoms with Gasteiger partial charge in [0, 0.05) is 25.7 Å². The minimum atomic E-state index is -0.234. The Bertz CT molecular complexity index is 1700. The van der Waals surface area contributed by atoms with Gasteiger partial charge in [-0.15, -0.1) is 0 Å². The number of aromatic nitrogens is 5. The molecule has 1 saturated heterocycles. The maximum atomic E-state index is 13.4. The van der Waals surface area contributed by atoms with Crippen molar-refractivity contribution >= 4 is 34.3 Å². The zero-order valence-corrected chi connectivity index (χ0v) is 21.8. The number of nitrogens with one attached hydrogen (secondary N) is 1. The van der Waals surface area contributed by atoms with Crippen LogP contribution in [0.4, 0.5) is 4.39 Å². The number of H-pyrrole nitrogens is 1. The van der Waals surface area contributed by atoms with E-state index in [0.29, 0.717) is 29.2 Å². The molecule has 4 heterocycles. The number of piperidine rings is 1. The Morgan fingerprint density at radius 2 is 1.76 bits per heavy atom. The maximum Gasteiger partial charge on any atom is 0.262 e. The zero-order valence-electron chi connectivity index (χ0n) is 21.0. The third kappa shape index (κ3) is 5.04. The second-order valence-electron chi connectivity index (χ2n) is 10.0. The van der Waals surface area contributed by atoms with E-state index in [9.17, 15) is 9.18 Å². The second kappa shape index (κ2) is 10.6. The second-order valence-corrected chi connectivity index (χ2v) is 10.4. The minimum Gasteiger partial charge on any atom is -0.332 e. The first-order chi connectivity index (χ1) is 18.5. The molecule has 1 aliphatic rings. The zero-order chi connectivity index (χ0) is 26.1. The van der Waals surface area contributed by atoms with Crippen molar-refractivity contribution in [1.29, 1.82) is 0 Å². The van der Waals surface area contributed by atoms with Gasteiger partial charge in [0.2, 0.25) is 0 Å². The van der Waals surface area contributed by atoms with Crippen LogP contribution in [0.25, 0.3) is 22.1 Å². The Labute approximate surface area is 224 Å². The lowest BCUT2D eigenvalue weighted by atomic mass is 9.93. The third-order valence-corrected chi connectivity index (χ3v) is 7.87. The van der Waals surface area contributed by atoms with Crippen LogP contribution in [0, 0.1) is 16.5 Å². The molecule has 0 spiro atoms. The molecule has 194 valence electrons. The molecule has 0 bridgehead atoms. The molecule has 1 N–H and O–H groups in total. The predicted octanol–water partition coefficient (Wildman–Crippen LogP) is 4.95. The van der Waals surface area contributed by atoms with Crippen molar-refractivity contribution in [1.82, 2.24) is 29.0 Å². The highest BCUT2D eigenvalue weighted by Gasteiger charge is 2.23. The number of imidazole rings is 1. The van der Waals surface area contributed by atoms with Crippen molar-refractivity contribution in [2.75, 3.05) is 19.6 Å². The van der Waals surface area contributed by atoms with Crippen LogP contribution in [0.5, 0.6) is 0 Å². The number of hydrogen-bond donors (Lipinski definition) is 1. The highest BCUT2D eigenvalue weighted by Crippen LogP contribution is 2.24. The van der Waals surface area contributed by atoms with Gasteiger partial charge in [-0.05, 0) is 86.0 Å². The molecule has 0 amide bonds. The van der Waals surface area contributed by atoms with Gasteiger partial charge in [0.1, 0.15) is 17.2 Å². The number of likely N-dealkylation sites (tertiary alicyclic amines) is 1. The average Bonchev–Trinajstić information content (AvgIpc) is 3.27. The van der Waals surface area contributed by atoms with E-state index in [1.54, 1.807) is 10.8 Å². The first kappa shape index (κ1) is 24.6. The molecule has 0 saturated carbocycles. The fourth-order valence-corrected chi connectivity index (χ4v) is 5.70. The molecular formula is C29H29FN6OS. The summed E-state index contributed by atoms with van der Waals surface area (Å²) >= 11 is 5.47. The van der Waals surface area contributed by atoms with Crippen LogP contribution in [0.3, 0.4) is 0 Å². The maximum absolute atomic E-state index is 13.4. The van der Waals surface area contributed by atoms with Crippen molar-refractivity contribution in [3.05, 3.63) is 99.2 Å². The van der Waals surface area contributed by atoms with Crippen LogP contribution in [-0.2, 0) is 19.5 Å². The highest BCUT2D eigenvalue weighted by molar-refractivity contribution is 7.71. The van der Waals surface area contributed by atoms with Gasteiger partial charge >= 0.3 is 0 Å². The molecule has 2 aromatic carbocycles. The lowest BCUT2D eigenvalue weighted by molar-refractivity contribution is 0.176. The molecule has 0 atom stereocenters. The molecule has 1 fully saturated rings. The summed E-state index contributed by atoms with van der Waals surface area (Å²) in [4.78, 5) is 28.1. The van der Waals surface area contributed by atoms with E-state index >= 15 is 0 Å². The number of halogens is 1. The van der Waals surface area contributed by atoms with E-state index in [1.807, 2.05) is 48.5 Å². The number of pyridine rings is 1. The van der Waals surface area contributed by atoms with Gasteiger partial charge in [0.05, 0.1) is 17.4 Å². The van der Waals surface area contributed by atoms with E-state index in [0.717, 1.165) is 67.0 Å². The Hall–Kier alpha value is -3.69. The first-order valence-electron chi connectivity index (χ1n) is 13.0. The smallest absolute Gasteiger partial charge is 0.262 e. The summed E-state index contributed by atoms with van der Waals surface area (Å²) < 4.78 is 17.7. The molecule has 0 radical (unpaired) electrons. The van der Waals surface area contributed by atoms with Gasteiger partial charge in [0.25, 0.3) is 5.56 Å². The number of aromatic amines is 1. The van der Waals surface area contributed by atoms with Crippen molar-refractivity contribution < 1.29 is 4.39 Å². The monoisotopic (exact) mass is 528 g/mol. The van der Waals surface area contributed by atoms with Gasteiger partial charge in [-0.3, -0.25) is 9.36 Å². The minimum absolute atomic E-state index is 0.0343. The van der Waals surface area contributed by atoms with Crippen LogP contribution in [-0.4, -0.2) is 48.6 Å². The molecule has 9 heteroatoms. The van der Waals surface area contributed by atoms with Crippen LogP contribution in [0.15, 0.2) is 71.7 Å². The normalized spacial score (nSPS) is 15.0. The molecule has 3 aromatic heterocycles. The van der Waals surface area contributed by atoms with Gasteiger partial charge < -0.3 is 14.5 Å². The van der Waals surface area contributed by atoms with Crippen molar-refractivity contribution in [2.24, 2.45) is 5.92 Å². The van der Waals surface area contributed by atoms with Gasteiger partial charge in [-0.2, -0.15) is 0 Å². The van der Waals surface area contributed by atoms with Crippen molar-refractivity contribution in [2.45, 2.75) is 32.4 Å². The average molecular weight is 529 g/mol. The van der Waals surface area contributed by atoms with Gasteiger partial charge in [-0.1, -0.05) is 24.3 Å². The van der Waals surface area contributed by atoms with Crippen LogP contribution in [0.1, 0.15) is 24.2 Å². The lowest BCUT2D eigenvalue weighted by Crippen LogP contribution is -2.38. The topological polar surface area (TPSA) is 71.7 Å². The van der Waals surface area contributed by atoms with E-state index in [4.69, 9.17) is 17.2 Å². The van der Waals surface area contributed by atoms with Gasteiger partial charge in [-0.25, -0.2) is 14.4 Å². The number of nitrogens with zero attached hydrogens (tertiary/aromatic N) is 5. The number of benzene rings is 2. The number of rotatable bonds is 7. The number of para-hydroxylation sites is 1. The summed E-state index contributed by atoms with van der Waals surface area (Å²) in [7, 11) is 0. The van der Waals surface area contributed by atoms with Crippen molar-refractivity contribution in [3.8, 4) is 0 Å². The molecular weight excluding hydrogens is 499 g/mol. The largest absolute Gasteiger partial charge is 0.332 e. The SMILES string of the molecule is O=c1c2ccccc2[nH]c(=S)n1CCN1CCC(Cc2nc3cccnc3n2Cc2ccc(F)cc2)CC1. The summed E-state index contributed by atoms with van der Waals surface area (Å²) in [5.41, 5.74) is 3.52. The molecule has 0 aliphatic carbocycles. The van der Waals surface area contributed by atoms with E-state index in [-0.39, 0.29) is 11.4 Å². The van der Waals surface area contributed by atoms with Crippen molar-refractivity contribution in [3.63, 3.8) is 0 Å². The van der Waals surface area contributed by atoms with Crippen LogP contribution in [0.2, 0.25) is 0 Å². The Balaban J connectivity index is 1.12. The summed E-state index contributed by atoms with van der Waals surface area (Å²) in [6.07, 6.45) is 4.79. The third-order valence-electron chi connectivity index (χ3n) is 7.54. The first-order valence-corrected chi connectivity index (χ1v) is 13.4. The quantitative estimate of drug-likeness (QED) is 0.303. The molecule has 38 heavy (non-hydrogen) atoms. The Kier molecular flexibility index (Phi) is 6.86. The fourth-order valence-electron chi connectivity index (χ4n) is 5.42. The lowest BCUT2D eigenvalue weighted by Gasteiger charge is -2.32. The molecule has 1 aliphatic heterocycles. The fraction of sp³-hybridized carbons (Fsp3) is 0.310. The van der Waals surface area contributed by atoms with E-state index in [1.165, 1.54) is 12.1 Å².